The second-order valence-electron chi connectivity index (χ2n) is 9.14. The standard InChI is InChI=1S/C24H31FN6O5S.H2O/c1-16(2)35-24(32)31-9-7-17(8-10-31)36-23-19(14-26)22(27-15-28-23)29-21-6-5-18(13-20(21)25)37(33,34)12-11-30(3)4;/h5-6,13,15-17H,7-12H2,1-4H3,(H,27,28,29);1H2. The molecule has 0 spiro atoms. The fourth-order valence-electron chi connectivity index (χ4n) is 3.58. The van der Waals surface area contributed by atoms with Gasteiger partial charge in [-0.05, 0) is 46.1 Å². The summed E-state index contributed by atoms with van der Waals surface area (Å²) in [5.41, 5.74) is -0.0732. The summed E-state index contributed by atoms with van der Waals surface area (Å²) in [6, 6.07) is 5.52. The van der Waals surface area contributed by atoms with Crippen molar-refractivity contribution in [3.63, 3.8) is 0 Å². The molecule has 1 aliphatic heterocycles. The molecule has 38 heavy (non-hydrogen) atoms. The van der Waals surface area contributed by atoms with Crippen LogP contribution in [0, 0.1) is 17.1 Å². The SMILES string of the molecule is CC(C)OC(=O)N1CCC(Oc2ncnc(Nc3ccc(S(=O)(=O)CCN(C)C)cc3F)c2C#N)CC1.O. The number of hydrogen-bond donors (Lipinski definition) is 1. The number of benzene rings is 1. The van der Waals surface area contributed by atoms with Gasteiger partial charge in [0.1, 0.15) is 24.3 Å². The first-order valence-corrected chi connectivity index (χ1v) is 13.5. The number of nitrogens with one attached hydrogen (secondary N) is 1. The first-order chi connectivity index (χ1) is 17.5. The number of nitriles is 1. The van der Waals surface area contributed by atoms with Gasteiger partial charge in [-0.1, -0.05) is 0 Å². The zero-order valence-corrected chi connectivity index (χ0v) is 22.6. The molecular formula is C24H33FN6O6S. The predicted molar refractivity (Wildman–Crippen MR) is 137 cm³/mol. The van der Waals surface area contributed by atoms with Gasteiger partial charge in [0.25, 0.3) is 0 Å². The summed E-state index contributed by atoms with van der Waals surface area (Å²) in [4.78, 5) is 23.4. The van der Waals surface area contributed by atoms with Crippen LogP contribution < -0.4 is 10.1 Å². The molecule has 1 fully saturated rings. The van der Waals surface area contributed by atoms with Gasteiger partial charge >= 0.3 is 6.09 Å². The van der Waals surface area contributed by atoms with Crippen molar-refractivity contribution in [1.29, 1.82) is 5.26 Å². The number of nitrogens with zero attached hydrogens (tertiary/aromatic N) is 5. The van der Waals surface area contributed by atoms with Crippen molar-refractivity contribution in [2.45, 2.75) is 43.8 Å². The van der Waals surface area contributed by atoms with Crippen LogP contribution in [0.1, 0.15) is 32.3 Å². The molecule has 3 rings (SSSR count). The lowest BCUT2D eigenvalue weighted by Gasteiger charge is -2.31. The van der Waals surface area contributed by atoms with Crippen LogP contribution in [-0.2, 0) is 14.6 Å². The van der Waals surface area contributed by atoms with E-state index in [1.807, 2.05) is 6.07 Å². The molecule has 0 radical (unpaired) electrons. The topological polar surface area (TPSA) is 169 Å². The normalized spacial score (nSPS) is 14.1. The van der Waals surface area contributed by atoms with Crippen LogP contribution in [0.25, 0.3) is 0 Å². The molecule has 1 aromatic heterocycles. The Kier molecular flexibility index (Phi) is 10.7. The highest BCUT2D eigenvalue weighted by Crippen LogP contribution is 2.29. The molecule has 12 nitrogen and oxygen atoms in total. The van der Waals surface area contributed by atoms with Crippen LogP contribution in [-0.4, -0.2) is 91.4 Å². The Bertz CT molecular complexity index is 1260. The van der Waals surface area contributed by atoms with E-state index in [-0.39, 0.29) is 57.4 Å². The number of hydrogen-bond acceptors (Lipinski definition) is 10. The highest BCUT2D eigenvalue weighted by Gasteiger charge is 2.27. The monoisotopic (exact) mass is 552 g/mol. The summed E-state index contributed by atoms with van der Waals surface area (Å²) < 4.78 is 50.9. The maximum atomic E-state index is 14.8. The van der Waals surface area contributed by atoms with Crippen molar-refractivity contribution in [3.05, 3.63) is 35.9 Å². The fraction of sp³-hybridized carbons (Fsp3) is 0.500. The lowest BCUT2D eigenvalue weighted by atomic mass is 10.1. The highest BCUT2D eigenvalue weighted by atomic mass is 32.2. The third-order valence-electron chi connectivity index (χ3n) is 5.60. The van der Waals surface area contributed by atoms with Crippen molar-refractivity contribution < 1.29 is 32.6 Å². The Hall–Kier alpha value is -3.54. The molecule has 0 aliphatic carbocycles. The lowest BCUT2D eigenvalue weighted by molar-refractivity contribution is 0.0506. The van der Waals surface area contributed by atoms with E-state index in [9.17, 15) is 22.9 Å². The van der Waals surface area contributed by atoms with Crippen LogP contribution in [0.5, 0.6) is 5.88 Å². The third-order valence-corrected chi connectivity index (χ3v) is 7.29. The third kappa shape index (κ3) is 7.98. The van der Waals surface area contributed by atoms with E-state index in [2.05, 4.69) is 15.3 Å². The van der Waals surface area contributed by atoms with Crippen molar-refractivity contribution in [2.75, 3.05) is 44.8 Å². The van der Waals surface area contributed by atoms with Crippen molar-refractivity contribution in [1.82, 2.24) is 19.8 Å². The van der Waals surface area contributed by atoms with E-state index < -0.39 is 15.7 Å². The van der Waals surface area contributed by atoms with Gasteiger partial charge in [0, 0.05) is 32.5 Å². The van der Waals surface area contributed by atoms with Gasteiger partial charge in [0.15, 0.2) is 21.2 Å². The van der Waals surface area contributed by atoms with Crippen molar-refractivity contribution in [3.8, 4) is 11.9 Å². The van der Waals surface area contributed by atoms with Crippen LogP contribution in [0.4, 0.5) is 20.7 Å². The number of rotatable bonds is 9. The average Bonchev–Trinajstić information content (AvgIpc) is 2.84. The Morgan fingerprint density at radius 1 is 1.29 bits per heavy atom. The number of likely N-dealkylation sites (tertiary alicyclic amines) is 1. The number of ether oxygens (including phenoxy) is 2. The fourth-order valence-corrected chi connectivity index (χ4v) is 4.98. The van der Waals surface area contributed by atoms with E-state index in [0.717, 1.165) is 6.07 Å². The smallest absolute Gasteiger partial charge is 0.410 e. The average molecular weight is 553 g/mol. The number of sulfone groups is 1. The van der Waals surface area contributed by atoms with Crippen LogP contribution in [0.15, 0.2) is 29.4 Å². The Morgan fingerprint density at radius 2 is 1.97 bits per heavy atom. The second-order valence-corrected chi connectivity index (χ2v) is 11.2. The molecule has 0 bridgehead atoms. The number of amides is 1. The van der Waals surface area contributed by atoms with Gasteiger partial charge in [0.05, 0.1) is 22.4 Å². The zero-order chi connectivity index (χ0) is 27.2. The van der Waals surface area contributed by atoms with Gasteiger partial charge in [-0.15, -0.1) is 0 Å². The highest BCUT2D eigenvalue weighted by molar-refractivity contribution is 7.91. The summed E-state index contributed by atoms with van der Waals surface area (Å²) >= 11 is 0. The summed E-state index contributed by atoms with van der Waals surface area (Å²) in [5, 5.41) is 12.5. The lowest BCUT2D eigenvalue weighted by Crippen LogP contribution is -2.42. The number of carbonyl (C=O) groups excluding carboxylic acids is 1. The van der Waals surface area contributed by atoms with E-state index >= 15 is 0 Å². The van der Waals surface area contributed by atoms with Crippen molar-refractivity contribution >= 4 is 27.4 Å². The first-order valence-electron chi connectivity index (χ1n) is 11.8. The first kappa shape index (κ1) is 30.7. The summed E-state index contributed by atoms with van der Waals surface area (Å²) in [6.45, 7) is 4.74. The predicted octanol–water partition coefficient (Wildman–Crippen LogP) is 2.13. The molecule has 1 amide bonds. The molecule has 0 saturated carbocycles. The number of halogens is 1. The van der Waals surface area contributed by atoms with E-state index in [0.29, 0.717) is 32.5 Å². The van der Waals surface area contributed by atoms with Gasteiger partial charge in [0.2, 0.25) is 5.88 Å². The van der Waals surface area contributed by atoms with Gasteiger partial charge in [-0.2, -0.15) is 5.26 Å². The van der Waals surface area contributed by atoms with Gasteiger partial charge < -0.3 is 30.1 Å². The largest absolute Gasteiger partial charge is 0.473 e. The van der Waals surface area contributed by atoms with Crippen molar-refractivity contribution in [2.24, 2.45) is 0 Å². The molecule has 2 heterocycles. The van der Waals surface area contributed by atoms with Crippen LogP contribution in [0.2, 0.25) is 0 Å². The Balaban J connectivity index is 0.00000507. The molecule has 1 aromatic carbocycles. The molecule has 1 aliphatic rings. The zero-order valence-electron chi connectivity index (χ0n) is 21.8. The molecule has 208 valence electrons. The van der Waals surface area contributed by atoms with Crippen LogP contribution in [0.3, 0.4) is 0 Å². The minimum Gasteiger partial charge on any atom is -0.473 e. The second kappa shape index (κ2) is 13.3. The van der Waals surface area contributed by atoms with E-state index in [4.69, 9.17) is 9.47 Å². The van der Waals surface area contributed by atoms with E-state index in [1.54, 1.807) is 37.7 Å². The van der Waals surface area contributed by atoms with Gasteiger partial charge in [-0.3, -0.25) is 0 Å². The summed E-state index contributed by atoms with van der Waals surface area (Å²) in [6.07, 6.45) is 1.35. The number of anilines is 2. The Labute approximate surface area is 221 Å². The maximum absolute atomic E-state index is 14.8. The quantitative estimate of drug-likeness (QED) is 0.486. The number of piperidine rings is 1. The van der Waals surface area contributed by atoms with Crippen LogP contribution >= 0.6 is 0 Å². The summed E-state index contributed by atoms with van der Waals surface area (Å²) in [7, 11) is -0.154. The summed E-state index contributed by atoms with van der Waals surface area (Å²) in [5.74, 6) is -0.898. The minimum atomic E-state index is -3.66. The molecule has 1 saturated heterocycles. The molecule has 0 atom stereocenters. The molecule has 3 N–H and O–H groups in total. The molecule has 2 aromatic rings. The number of aromatic nitrogens is 2. The molecule has 14 heteroatoms. The Morgan fingerprint density at radius 3 is 2.55 bits per heavy atom. The van der Waals surface area contributed by atoms with E-state index in [1.165, 1.54) is 18.5 Å². The number of carbonyl (C=O) groups is 1. The minimum absolute atomic E-state index is 0. The molecule has 0 unspecified atom stereocenters. The van der Waals surface area contributed by atoms with Gasteiger partial charge in [-0.25, -0.2) is 27.6 Å². The maximum Gasteiger partial charge on any atom is 0.410 e. The molecular weight excluding hydrogens is 519 g/mol.